The van der Waals surface area contributed by atoms with Gasteiger partial charge in [-0.05, 0) is 42.5 Å². The van der Waals surface area contributed by atoms with Crippen LogP contribution in [0.15, 0.2) is 63.9 Å². The third kappa shape index (κ3) is 4.67. The van der Waals surface area contributed by atoms with Crippen LogP contribution in [0, 0.1) is 0 Å². The SMILES string of the molecule is O=C(Nc1ccc(Oc2ccnc3oc(=O)[nH]c23)cc1)Nc1ccc(Cl)c(C(F)(F)F)c1. The van der Waals surface area contributed by atoms with Crippen molar-refractivity contribution in [2.75, 3.05) is 10.6 Å². The first kappa shape index (κ1) is 21.2. The molecule has 0 aliphatic heterocycles. The highest BCUT2D eigenvalue weighted by Crippen LogP contribution is 2.36. The number of H-pyrrole nitrogens is 1. The van der Waals surface area contributed by atoms with E-state index in [2.05, 4.69) is 20.6 Å². The molecule has 2 amide bonds. The summed E-state index contributed by atoms with van der Waals surface area (Å²) in [5.41, 5.74) is -0.382. The lowest BCUT2D eigenvalue weighted by atomic mass is 10.2. The third-order valence-electron chi connectivity index (χ3n) is 4.16. The number of urea groups is 1. The van der Waals surface area contributed by atoms with Crippen molar-refractivity contribution in [3.63, 3.8) is 0 Å². The monoisotopic (exact) mass is 464 g/mol. The molecule has 2 aromatic carbocycles. The molecule has 4 rings (SSSR count). The summed E-state index contributed by atoms with van der Waals surface area (Å²) in [6, 6.07) is 9.97. The zero-order valence-electron chi connectivity index (χ0n) is 15.8. The second-order valence-electron chi connectivity index (χ2n) is 6.40. The second-order valence-corrected chi connectivity index (χ2v) is 6.81. The number of hydrogen-bond donors (Lipinski definition) is 3. The van der Waals surface area contributed by atoms with E-state index in [1.807, 2.05) is 0 Å². The summed E-state index contributed by atoms with van der Waals surface area (Å²) in [7, 11) is 0. The van der Waals surface area contributed by atoms with Gasteiger partial charge in [-0.3, -0.25) is 4.98 Å². The van der Waals surface area contributed by atoms with Crippen LogP contribution < -0.4 is 21.1 Å². The Morgan fingerprint density at radius 1 is 1.06 bits per heavy atom. The standard InChI is InChI=1S/C20H12ClF3N4O4/c21-14-6-3-11(9-13(14)20(22,23)24)27-18(29)26-10-1-4-12(5-2-10)31-15-7-8-25-17-16(15)28-19(30)32-17/h1-9H,(H,28,30)(H2,26,27,29). The zero-order chi connectivity index (χ0) is 22.9. The number of pyridine rings is 1. The fourth-order valence-electron chi connectivity index (χ4n) is 2.77. The molecule has 0 atom stereocenters. The Labute approximate surface area is 182 Å². The van der Waals surface area contributed by atoms with Crippen LogP contribution in [0.2, 0.25) is 5.02 Å². The van der Waals surface area contributed by atoms with Gasteiger partial charge in [-0.15, -0.1) is 0 Å². The van der Waals surface area contributed by atoms with Gasteiger partial charge in [-0.2, -0.15) is 13.2 Å². The largest absolute Gasteiger partial charge is 0.455 e. The molecule has 0 aliphatic carbocycles. The van der Waals surface area contributed by atoms with E-state index in [9.17, 15) is 22.8 Å². The smallest absolute Gasteiger partial charge is 0.418 e. The number of hydrogen-bond acceptors (Lipinski definition) is 5. The molecule has 8 nitrogen and oxygen atoms in total. The van der Waals surface area contributed by atoms with Gasteiger partial charge in [0.05, 0.1) is 10.6 Å². The Bertz CT molecular complexity index is 1350. The minimum absolute atomic E-state index is 0.0741. The van der Waals surface area contributed by atoms with Gasteiger partial charge >= 0.3 is 18.0 Å². The predicted molar refractivity (Wildman–Crippen MR) is 110 cm³/mol. The van der Waals surface area contributed by atoms with E-state index in [-0.39, 0.29) is 11.4 Å². The van der Waals surface area contributed by atoms with Crippen molar-refractivity contribution >= 4 is 40.2 Å². The highest BCUT2D eigenvalue weighted by atomic mass is 35.5. The molecular formula is C20H12ClF3N4O4. The van der Waals surface area contributed by atoms with Crippen molar-refractivity contribution < 1.29 is 27.1 Å². The molecule has 0 aliphatic rings. The number of nitrogens with zero attached hydrogens (tertiary/aromatic N) is 1. The fourth-order valence-corrected chi connectivity index (χ4v) is 2.99. The number of amides is 2. The Morgan fingerprint density at radius 2 is 1.75 bits per heavy atom. The molecule has 3 N–H and O–H groups in total. The Hall–Kier alpha value is -3.99. The van der Waals surface area contributed by atoms with Gasteiger partial charge in [-0.1, -0.05) is 11.6 Å². The molecule has 12 heteroatoms. The normalized spacial score (nSPS) is 11.4. The average molecular weight is 465 g/mol. The molecule has 4 aromatic rings. The lowest BCUT2D eigenvalue weighted by molar-refractivity contribution is -0.137. The van der Waals surface area contributed by atoms with Crippen LogP contribution in [-0.4, -0.2) is 16.0 Å². The maximum atomic E-state index is 12.9. The molecule has 0 spiro atoms. The number of anilines is 2. The summed E-state index contributed by atoms with van der Waals surface area (Å²) in [5, 5.41) is 4.34. The fraction of sp³-hybridized carbons (Fsp3) is 0.0500. The summed E-state index contributed by atoms with van der Waals surface area (Å²) >= 11 is 5.57. The number of ether oxygens (including phenoxy) is 1. The molecule has 0 fully saturated rings. The summed E-state index contributed by atoms with van der Waals surface area (Å²) in [5.74, 6) is 0.0256. The first-order valence-electron chi connectivity index (χ1n) is 8.89. The minimum Gasteiger partial charge on any atom is -0.455 e. The van der Waals surface area contributed by atoms with Gasteiger partial charge in [0.25, 0.3) is 5.71 Å². The predicted octanol–water partition coefficient (Wildman–Crippen LogP) is 5.62. The minimum atomic E-state index is -4.65. The Kier molecular flexibility index (Phi) is 5.49. The number of nitrogens with one attached hydrogen (secondary N) is 3. The summed E-state index contributed by atoms with van der Waals surface area (Å²) < 4.78 is 49.4. The van der Waals surface area contributed by atoms with E-state index >= 15 is 0 Å². The molecule has 0 saturated heterocycles. The van der Waals surface area contributed by atoms with E-state index < -0.39 is 28.5 Å². The molecule has 32 heavy (non-hydrogen) atoms. The number of alkyl halides is 3. The van der Waals surface area contributed by atoms with E-state index in [0.29, 0.717) is 22.7 Å². The molecular weight excluding hydrogens is 453 g/mol. The van der Waals surface area contributed by atoms with E-state index in [0.717, 1.165) is 12.1 Å². The zero-order valence-corrected chi connectivity index (χ0v) is 16.5. The lowest BCUT2D eigenvalue weighted by Gasteiger charge is -2.12. The maximum Gasteiger partial charge on any atom is 0.418 e. The number of benzene rings is 2. The average Bonchev–Trinajstić information content (AvgIpc) is 3.11. The number of carbonyl (C=O) groups is 1. The van der Waals surface area contributed by atoms with E-state index in [1.54, 1.807) is 12.1 Å². The van der Waals surface area contributed by atoms with Crippen LogP contribution >= 0.6 is 11.6 Å². The van der Waals surface area contributed by atoms with Crippen molar-refractivity contribution in [1.29, 1.82) is 0 Å². The van der Waals surface area contributed by atoms with Gasteiger partial charge < -0.3 is 19.8 Å². The summed E-state index contributed by atoms with van der Waals surface area (Å²) in [6.07, 6.45) is -3.24. The van der Waals surface area contributed by atoms with Crippen molar-refractivity contribution in [2.45, 2.75) is 6.18 Å². The first-order chi connectivity index (χ1) is 15.2. The van der Waals surface area contributed by atoms with Crippen LogP contribution in [0.1, 0.15) is 5.56 Å². The van der Waals surface area contributed by atoms with E-state index in [1.165, 1.54) is 30.5 Å². The molecule has 0 bridgehead atoms. The van der Waals surface area contributed by atoms with Crippen LogP contribution in [0.25, 0.3) is 11.2 Å². The van der Waals surface area contributed by atoms with Gasteiger partial charge in [-0.25, -0.2) is 14.6 Å². The third-order valence-corrected chi connectivity index (χ3v) is 4.49. The lowest BCUT2D eigenvalue weighted by Crippen LogP contribution is -2.19. The second kappa shape index (κ2) is 8.27. The molecule has 0 radical (unpaired) electrons. The maximum absolute atomic E-state index is 12.9. The van der Waals surface area contributed by atoms with Crippen LogP contribution in [0.3, 0.4) is 0 Å². The first-order valence-corrected chi connectivity index (χ1v) is 9.27. The van der Waals surface area contributed by atoms with Crippen LogP contribution in [-0.2, 0) is 6.18 Å². The van der Waals surface area contributed by atoms with Crippen molar-refractivity contribution in [2.24, 2.45) is 0 Å². The van der Waals surface area contributed by atoms with Gasteiger partial charge in [0.15, 0.2) is 11.3 Å². The molecule has 164 valence electrons. The van der Waals surface area contributed by atoms with Crippen LogP contribution in [0.5, 0.6) is 11.5 Å². The van der Waals surface area contributed by atoms with Gasteiger partial charge in [0.2, 0.25) is 0 Å². The van der Waals surface area contributed by atoms with E-state index in [4.69, 9.17) is 20.8 Å². The topological polar surface area (TPSA) is 109 Å². The number of fused-ring (bicyclic) bond motifs is 1. The highest BCUT2D eigenvalue weighted by molar-refractivity contribution is 6.31. The number of halogens is 4. The summed E-state index contributed by atoms with van der Waals surface area (Å²) in [4.78, 5) is 29.8. The number of aromatic amines is 1. The van der Waals surface area contributed by atoms with Crippen molar-refractivity contribution in [3.05, 3.63) is 75.9 Å². The number of oxazole rings is 1. The highest BCUT2D eigenvalue weighted by Gasteiger charge is 2.33. The quantitative estimate of drug-likeness (QED) is 0.363. The Balaban J connectivity index is 1.42. The number of aromatic nitrogens is 2. The molecule has 2 heterocycles. The van der Waals surface area contributed by atoms with Gasteiger partial charge in [0.1, 0.15) is 5.75 Å². The number of rotatable bonds is 4. The Morgan fingerprint density at radius 3 is 2.47 bits per heavy atom. The van der Waals surface area contributed by atoms with Crippen molar-refractivity contribution in [1.82, 2.24) is 9.97 Å². The van der Waals surface area contributed by atoms with Crippen LogP contribution in [0.4, 0.5) is 29.3 Å². The molecule has 2 aromatic heterocycles. The molecule has 0 saturated carbocycles. The molecule has 0 unspecified atom stereocenters. The number of carbonyl (C=O) groups excluding carboxylic acids is 1. The summed E-state index contributed by atoms with van der Waals surface area (Å²) in [6.45, 7) is 0. The van der Waals surface area contributed by atoms with Gasteiger partial charge in [0, 0.05) is 23.6 Å². The van der Waals surface area contributed by atoms with Crippen molar-refractivity contribution in [3.8, 4) is 11.5 Å².